The third kappa shape index (κ3) is 3.42. The van der Waals surface area contributed by atoms with Gasteiger partial charge in [0.25, 0.3) is 0 Å². The molecule has 2 rings (SSSR count). The molecular formula is C15H18N2O2S. The highest BCUT2D eigenvalue weighted by Crippen LogP contribution is 2.19. The van der Waals surface area contributed by atoms with Gasteiger partial charge in [-0.3, -0.25) is 0 Å². The highest BCUT2D eigenvalue weighted by molar-refractivity contribution is 7.85. The Morgan fingerprint density at radius 3 is 2.50 bits per heavy atom. The molecule has 0 N–H and O–H groups in total. The normalized spacial score (nSPS) is 14.3. The van der Waals surface area contributed by atoms with Crippen molar-refractivity contribution in [1.82, 2.24) is 4.98 Å². The molecule has 0 aliphatic heterocycles. The van der Waals surface area contributed by atoms with E-state index in [2.05, 4.69) is 9.38 Å². The number of benzene rings is 1. The zero-order chi connectivity index (χ0) is 14.8. The Morgan fingerprint density at radius 2 is 1.90 bits per heavy atom. The number of rotatable bonds is 3. The molecule has 0 aliphatic rings. The maximum absolute atomic E-state index is 12.0. The van der Waals surface area contributed by atoms with E-state index in [4.69, 9.17) is 4.42 Å². The van der Waals surface area contributed by atoms with Crippen LogP contribution in [0, 0.1) is 0 Å². The largest absolute Gasteiger partial charge is 0.444 e. The molecule has 1 heterocycles. The van der Waals surface area contributed by atoms with E-state index in [9.17, 15) is 4.21 Å². The van der Waals surface area contributed by atoms with Crippen LogP contribution < -0.4 is 0 Å². The highest BCUT2D eigenvalue weighted by Gasteiger charge is 2.20. The van der Waals surface area contributed by atoms with E-state index >= 15 is 0 Å². The van der Waals surface area contributed by atoms with Crippen molar-refractivity contribution in [1.29, 1.82) is 0 Å². The van der Waals surface area contributed by atoms with Gasteiger partial charge in [0, 0.05) is 5.56 Å². The maximum Gasteiger partial charge on any atom is 0.226 e. The summed E-state index contributed by atoms with van der Waals surface area (Å²) in [5, 5.41) is 0. The van der Waals surface area contributed by atoms with Gasteiger partial charge in [0.15, 0.2) is 0 Å². The lowest BCUT2D eigenvalue weighted by molar-refractivity contribution is 0.574. The Labute approximate surface area is 121 Å². The Morgan fingerprint density at radius 1 is 1.25 bits per heavy atom. The smallest absolute Gasteiger partial charge is 0.226 e. The van der Waals surface area contributed by atoms with Crippen LogP contribution in [0.25, 0.3) is 11.5 Å². The van der Waals surface area contributed by atoms with Crippen molar-refractivity contribution in [2.75, 3.05) is 0 Å². The van der Waals surface area contributed by atoms with Crippen LogP contribution in [-0.2, 0) is 11.0 Å². The molecule has 5 heteroatoms. The lowest BCUT2D eigenvalue weighted by Gasteiger charge is -2.13. The van der Waals surface area contributed by atoms with Crippen molar-refractivity contribution in [3.63, 3.8) is 0 Å². The van der Waals surface area contributed by atoms with E-state index in [0.717, 1.165) is 5.56 Å². The number of hydrogen-bond donors (Lipinski definition) is 0. The van der Waals surface area contributed by atoms with Crippen molar-refractivity contribution in [3.8, 4) is 11.5 Å². The highest BCUT2D eigenvalue weighted by atomic mass is 32.2. The predicted octanol–water partition coefficient (Wildman–Crippen LogP) is 3.61. The topological polar surface area (TPSA) is 55.5 Å². The molecule has 0 unspecified atom stereocenters. The first kappa shape index (κ1) is 14.7. The Hall–Kier alpha value is -1.75. The Kier molecular flexibility index (Phi) is 4.18. The van der Waals surface area contributed by atoms with Gasteiger partial charge in [-0.25, -0.2) is 9.19 Å². The van der Waals surface area contributed by atoms with Crippen LogP contribution in [0.1, 0.15) is 33.4 Å². The van der Waals surface area contributed by atoms with Crippen LogP contribution in [0.4, 0.5) is 0 Å². The first-order valence-electron chi connectivity index (χ1n) is 6.36. The molecule has 0 amide bonds. The van der Waals surface area contributed by atoms with Gasteiger partial charge >= 0.3 is 0 Å². The zero-order valence-corrected chi connectivity index (χ0v) is 12.9. The summed E-state index contributed by atoms with van der Waals surface area (Å²) in [5.41, 5.74) is 2.13. The molecule has 0 fully saturated rings. The third-order valence-electron chi connectivity index (χ3n) is 2.64. The first-order chi connectivity index (χ1) is 9.38. The molecule has 1 aromatic carbocycles. The third-order valence-corrected chi connectivity index (χ3v) is 4.13. The molecule has 0 bridgehead atoms. The average Bonchev–Trinajstić information content (AvgIpc) is 2.88. The van der Waals surface area contributed by atoms with Crippen LogP contribution >= 0.6 is 0 Å². The molecule has 1 atom stereocenters. The van der Waals surface area contributed by atoms with Crippen LogP contribution in [0.2, 0.25) is 0 Å². The fourth-order valence-electron chi connectivity index (χ4n) is 1.46. The minimum Gasteiger partial charge on any atom is -0.444 e. The molecule has 1 aromatic heterocycles. The fraction of sp³-hybridized carbons (Fsp3) is 0.333. The van der Waals surface area contributed by atoms with Crippen molar-refractivity contribution in [2.45, 2.75) is 32.4 Å². The number of hydrogen-bond acceptors (Lipinski definition) is 3. The van der Waals surface area contributed by atoms with Gasteiger partial charge in [-0.1, -0.05) is 18.2 Å². The van der Waals surface area contributed by atoms with Gasteiger partial charge in [-0.2, -0.15) is 4.40 Å². The summed E-state index contributed by atoms with van der Waals surface area (Å²) < 4.78 is 21.2. The standard InChI is InChI=1S/C15H18N2O2S/c1-11(17-20(18)15(2,3)4)13-10-19-14(16-13)12-8-6-5-7-9-12/h5-10H,1-4H3/b17-11-/t20-/m1/s1. The van der Waals surface area contributed by atoms with E-state index in [-0.39, 0.29) is 4.75 Å². The van der Waals surface area contributed by atoms with Crippen LogP contribution in [-0.4, -0.2) is 19.7 Å². The fourth-order valence-corrected chi connectivity index (χ4v) is 2.08. The minimum absolute atomic E-state index is 0.382. The van der Waals surface area contributed by atoms with Crippen molar-refractivity contribution in [2.24, 2.45) is 4.40 Å². The Balaban J connectivity index is 2.25. The van der Waals surface area contributed by atoms with Crippen LogP contribution in [0.15, 0.2) is 45.4 Å². The van der Waals surface area contributed by atoms with Crippen molar-refractivity contribution >= 4 is 16.7 Å². The number of aromatic nitrogens is 1. The molecule has 0 radical (unpaired) electrons. The number of nitrogens with zero attached hydrogens (tertiary/aromatic N) is 2. The molecular weight excluding hydrogens is 272 g/mol. The summed E-state index contributed by atoms with van der Waals surface area (Å²) in [6, 6.07) is 9.64. The van der Waals surface area contributed by atoms with Gasteiger partial charge in [0.05, 0.1) is 10.5 Å². The minimum atomic E-state index is -1.30. The second-order valence-corrected chi connectivity index (χ2v) is 7.35. The quantitative estimate of drug-likeness (QED) is 0.811. The van der Waals surface area contributed by atoms with E-state index in [1.807, 2.05) is 51.1 Å². The van der Waals surface area contributed by atoms with Gasteiger partial charge < -0.3 is 4.42 Å². The Bertz CT molecular complexity index is 639. The summed E-state index contributed by atoms with van der Waals surface area (Å²) in [4.78, 5) is 4.38. The summed E-state index contributed by atoms with van der Waals surface area (Å²) in [6.45, 7) is 7.45. The van der Waals surface area contributed by atoms with E-state index in [1.54, 1.807) is 13.2 Å². The average molecular weight is 290 g/mol. The maximum atomic E-state index is 12.0. The number of oxazole rings is 1. The lowest BCUT2D eigenvalue weighted by atomic mass is 10.2. The lowest BCUT2D eigenvalue weighted by Crippen LogP contribution is -2.20. The first-order valence-corrected chi connectivity index (χ1v) is 7.47. The molecule has 20 heavy (non-hydrogen) atoms. The van der Waals surface area contributed by atoms with Crippen LogP contribution in [0.3, 0.4) is 0 Å². The van der Waals surface area contributed by atoms with Gasteiger partial charge in [-0.15, -0.1) is 0 Å². The molecule has 4 nitrogen and oxygen atoms in total. The van der Waals surface area contributed by atoms with Crippen LogP contribution in [0.5, 0.6) is 0 Å². The van der Waals surface area contributed by atoms with E-state index in [0.29, 0.717) is 17.3 Å². The van der Waals surface area contributed by atoms with E-state index < -0.39 is 11.0 Å². The molecule has 0 aliphatic carbocycles. The summed E-state index contributed by atoms with van der Waals surface area (Å²) in [5.74, 6) is 0.539. The summed E-state index contributed by atoms with van der Waals surface area (Å²) in [7, 11) is -1.30. The van der Waals surface area contributed by atoms with Crippen molar-refractivity contribution < 1.29 is 8.63 Å². The second-order valence-electron chi connectivity index (χ2n) is 5.44. The van der Waals surface area contributed by atoms with Crippen molar-refractivity contribution in [3.05, 3.63) is 42.3 Å². The monoisotopic (exact) mass is 290 g/mol. The van der Waals surface area contributed by atoms with Gasteiger partial charge in [-0.05, 0) is 39.8 Å². The van der Waals surface area contributed by atoms with E-state index in [1.165, 1.54) is 0 Å². The summed E-state index contributed by atoms with van der Waals surface area (Å²) in [6.07, 6.45) is 1.54. The second kappa shape index (κ2) is 5.71. The zero-order valence-electron chi connectivity index (χ0n) is 12.1. The predicted molar refractivity (Wildman–Crippen MR) is 82.0 cm³/mol. The SMILES string of the molecule is C/C(=N/[S@](=O)C(C)(C)C)c1coc(-c2ccccc2)n1. The molecule has 0 saturated heterocycles. The molecule has 2 aromatic rings. The van der Waals surface area contributed by atoms with Gasteiger partial charge in [0.2, 0.25) is 5.89 Å². The summed E-state index contributed by atoms with van der Waals surface area (Å²) >= 11 is 0. The molecule has 0 spiro atoms. The van der Waals surface area contributed by atoms with Gasteiger partial charge in [0.1, 0.15) is 22.9 Å². The molecule has 106 valence electrons. The molecule has 0 saturated carbocycles.